The molecule has 1 heterocycles. The third-order valence-electron chi connectivity index (χ3n) is 5.01. The fraction of sp³-hybridized carbons (Fsp3) is 0.154. The molecule has 0 unspecified atom stereocenters. The van der Waals surface area contributed by atoms with Crippen LogP contribution in [0.1, 0.15) is 11.1 Å². The van der Waals surface area contributed by atoms with E-state index in [4.69, 9.17) is 14.2 Å². The molecule has 3 aromatic rings. The van der Waals surface area contributed by atoms with Crippen LogP contribution in [0.2, 0.25) is 0 Å². The Morgan fingerprint density at radius 2 is 1.71 bits per heavy atom. The van der Waals surface area contributed by atoms with Crippen molar-refractivity contribution in [2.75, 3.05) is 20.3 Å². The maximum Gasteiger partial charge on any atom is 0.293 e. The molecule has 174 valence electrons. The lowest BCUT2D eigenvalue weighted by atomic mass is 10.1. The molecule has 34 heavy (non-hydrogen) atoms. The van der Waals surface area contributed by atoms with Crippen molar-refractivity contribution in [2.45, 2.75) is 6.61 Å². The Morgan fingerprint density at radius 3 is 2.44 bits per heavy atom. The average molecular weight is 540 g/mol. The summed E-state index contributed by atoms with van der Waals surface area (Å²) < 4.78 is 18.2. The zero-order chi connectivity index (χ0) is 23.9. The molecule has 0 N–H and O–H groups in total. The van der Waals surface area contributed by atoms with E-state index in [2.05, 4.69) is 15.9 Å². The number of hydrogen-bond donors (Lipinski definition) is 0. The van der Waals surface area contributed by atoms with Gasteiger partial charge >= 0.3 is 0 Å². The lowest BCUT2D eigenvalue weighted by Crippen LogP contribution is -2.32. The number of hydrogen-bond acceptors (Lipinski definition) is 6. The zero-order valence-corrected chi connectivity index (χ0v) is 20.8. The van der Waals surface area contributed by atoms with Crippen molar-refractivity contribution in [2.24, 2.45) is 0 Å². The Balaban J connectivity index is 1.48. The van der Waals surface area contributed by atoms with Crippen LogP contribution < -0.4 is 14.2 Å². The molecule has 0 radical (unpaired) electrons. The number of nitrogens with zero attached hydrogens (tertiary/aromatic N) is 1. The molecule has 0 saturated carbocycles. The number of benzene rings is 3. The summed E-state index contributed by atoms with van der Waals surface area (Å²) in [5.41, 5.74) is 1.64. The van der Waals surface area contributed by atoms with E-state index in [0.29, 0.717) is 34.3 Å². The first-order valence-electron chi connectivity index (χ1n) is 10.5. The van der Waals surface area contributed by atoms with Crippen LogP contribution >= 0.6 is 27.7 Å². The van der Waals surface area contributed by atoms with Crippen LogP contribution in [0.4, 0.5) is 4.79 Å². The molecular weight excluding hydrogens is 518 g/mol. The summed E-state index contributed by atoms with van der Waals surface area (Å²) in [5, 5.41) is -0.326. The topological polar surface area (TPSA) is 65.1 Å². The molecule has 0 aliphatic carbocycles. The van der Waals surface area contributed by atoms with Gasteiger partial charge in [-0.05, 0) is 53.7 Å². The van der Waals surface area contributed by atoms with Crippen molar-refractivity contribution in [3.63, 3.8) is 0 Å². The maximum atomic E-state index is 12.9. The summed E-state index contributed by atoms with van der Waals surface area (Å²) in [4.78, 5) is 26.9. The van der Waals surface area contributed by atoms with Crippen molar-refractivity contribution in [1.29, 1.82) is 0 Å². The number of thioether (sulfide) groups is 1. The van der Waals surface area contributed by atoms with E-state index in [-0.39, 0.29) is 24.3 Å². The van der Waals surface area contributed by atoms with Crippen LogP contribution in [0.25, 0.3) is 6.08 Å². The van der Waals surface area contributed by atoms with E-state index in [9.17, 15) is 9.59 Å². The van der Waals surface area contributed by atoms with Crippen molar-refractivity contribution in [3.8, 4) is 17.2 Å². The summed E-state index contributed by atoms with van der Waals surface area (Å²) in [7, 11) is 1.56. The second kappa shape index (κ2) is 11.3. The molecule has 0 spiro atoms. The predicted octanol–water partition coefficient (Wildman–Crippen LogP) is 6.15. The predicted molar refractivity (Wildman–Crippen MR) is 136 cm³/mol. The molecule has 4 rings (SSSR count). The van der Waals surface area contributed by atoms with Gasteiger partial charge < -0.3 is 14.2 Å². The summed E-state index contributed by atoms with van der Waals surface area (Å²) in [5.74, 6) is 1.38. The second-order valence-corrected chi connectivity index (χ2v) is 9.20. The fourth-order valence-corrected chi connectivity index (χ4v) is 4.42. The van der Waals surface area contributed by atoms with E-state index >= 15 is 0 Å². The lowest BCUT2D eigenvalue weighted by molar-refractivity contribution is -0.123. The van der Waals surface area contributed by atoms with E-state index < -0.39 is 0 Å². The first kappa shape index (κ1) is 23.9. The third kappa shape index (κ3) is 5.81. The van der Waals surface area contributed by atoms with E-state index in [1.165, 1.54) is 4.90 Å². The van der Waals surface area contributed by atoms with E-state index in [0.717, 1.165) is 21.8 Å². The fourth-order valence-electron chi connectivity index (χ4n) is 3.30. The highest BCUT2D eigenvalue weighted by molar-refractivity contribution is 9.10. The lowest BCUT2D eigenvalue weighted by Gasteiger charge is -2.14. The van der Waals surface area contributed by atoms with Gasteiger partial charge in [0, 0.05) is 10.0 Å². The Morgan fingerprint density at radius 1 is 0.941 bits per heavy atom. The SMILES string of the molecule is COc1cccc(/C=C2\SC(=O)N(CCOc3ccccc3)C2=O)c1OCc1ccc(Br)cc1. The van der Waals surface area contributed by atoms with Gasteiger partial charge in [0.15, 0.2) is 11.5 Å². The van der Waals surface area contributed by atoms with Crippen molar-refractivity contribution in [3.05, 3.63) is 93.3 Å². The number of para-hydroxylation sites is 2. The monoisotopic (exact) mass is 539 g/mol. The quantitative estimate of drug-likeness (QED) is 0.304. The average Bonchev–Trinajstić information content (AvgIpc) is 3.12. The normalized spacial score (nSPS) is 14.5. The minimum atomic E-state index is -0.353. The van der Waals surface area contributed by atoms with Crippen LogP contribution in [0.5, 0.6) is 17.2 Å². The Kier molecular flexibility index (Phi) is 7.92. The number of ether oxygens (including phenoxy) is 3. The number of imide groups is 1. The Bertz CT molecular complexity index is 1200. The molecule has 1 aliphatic rings. The highest BCUT2D eigenvalue weighted by atomic mass is 79.9. The Hall–Kier alpha value is -3.23. The van der Waals surface area contributed by atoms with Crippen LogP contribution in [-0.2, 0) is 11.4 Å². The number of amides is 2. The molecule has 8 heteroatoms. The van der Waals surface area contributed by atoms with E-state index in [1.54, 1.807) is 19.3 Å². The van der Waals surface area contributed by atoms with Gasteiger partial charge in [0.05, 0.1) is 18.6 Å². The molecule has 1 saturated heterocycles. The standard InChI is InChI=1S/C26H22BrNO5S/c1-31-22-9-5-6-19(24(22)33-17-18-10-12-20(27)13-11-18)16-23-25(29)28(26(30)34-23)14-15-32-21-7-3-2-4-8-21/h2-13,16H,14-15,17H2,1H3/b23-16-. The van der Waals surface area contributed by atoms with Gasteiger partial charge in [-0.2, -0.15) is 0 Å². The summed E-state index contributed by atoms with van der Waals surface area (Å²) >= 11 is 4.33. The Labute approximate surface area is 210 Å². The first-order valence-corrected chi connectivity index (χ1v) is 12.1. The van der Waals surface area contributed by atoms with Crippen molar-refractivity contribution < 1.29 is 23.8 Å². The summed E-state index contributed by atoms with van der Waals surface area (Å²) in [6.45, 7) is 0.713. The number of rotatable bonds is 9. The van der Waals surface area contributed by atoms with Crippen LogP contribution in [-0.4, -0.2) is 36.3 Å². The number of halogens is 1. The van der Waals surface area contributed by atoms with Crippen LogP contribution in [0.15, 0.2) is 82.2 Å². The molecule has 0 aromatic heterocycles. The number of methoxy groups -OCH3 is 1. The van der Waals surface area contributed by atoms with Crippen LogP contribution in [0, 0.1) is 0 Å². The number of carbonyl (C=O) groups is 2. The molecule has 2 amide bonds. The van der Waals surface area contributed by atoms with Gasteiger partial charge in [0.25, 0.3) is 11.1 Å². The zero-order valence-electron chi connectivity index (χ0n) is 18.4. The van der Waals surface area contributed by atoms with Gasteiger partial charge in [-0.25, -0.2) is 0 Å². The van der Waals surface area contributed by atoms with Gasteiger partial charge in [-0.1, -0.05) is 58.4 Å². The minimum Gasteiger partial charge on any atom is -0.493 e. The summed E-state index contributed by atoms with van der Waals surface area (Å²) in [6, 6.07) is 22.5. The third-order valence-corrected chi connectivity index (χ3v) is 6.45. The molecule has 1 aliphatic heterocycles. The molecule has 0 atom stereocenters. The van der Waals surface area contributed by atoms with Gasteiger partial charge in [0.1, 0.15) is 19.0 Å². The molecule has 3 aromatic carbocycles. The highest BCUT2D eigenvalue weighted by Gasteiger charge is 2.35. The molecule has 6 nitrogen and oxygen atoms in total. The van der Waals surface area contributed by atoms with Gasteiger partial charge in [-0.15, -0.1) is 0 Å². The first-order chi connectivity index (χ1) is 16.5. The van der Waals surface area contributed by atoms with E-state index in [1.807, 2.05) is 66.7 Å². The molecule has 0 bridgehead atoms. The highest BCUT2D eigenvalue weighted by Crippen LogP contribution is 2.37. The molecular formula is C26H22BrNO5S. The van der Waals surface area contributed by atoms with Crippen molar-refractivity contribution >= 4 is 44.9 Å². The van der Waals surface area contributed by atoms with Crippen LogP contribution in [0.3, 0.4) is 0 Å². The van der Waals surface area contributed by atoms with Crippen molar-refractivity contribution in [1.82, 2.24) is 4.90 Å². The maximum absolute atomic E-state index is 12.9. The minimum absolute atomic E-state index is 0.169. The largest absolute Gasteiger partial charge is 0.493 e. The number of carbonyl (C=O) groups excluding carboxylic acids is 2. The summed E-state index contributed by atoms with van der Waals surface area (Å²) in [6.07, 6.45) is 1.67. The molecule has 1 fully saturated rings. The second-order valence-electron chi connectivity index (χ2n) is 7.29. The smallest absolute Gasteiger partial charge is 0.293 e. The van der Waals surface area contributed by atoms with Gasteiger partial charge in [-0.3, -0.25) is 14.5 Å². The van der Waals surface area contributed by atoms with Gasteiger partial charge in [0.2, 0.25) is 0 Å².